The molecule has 2 aromatic carbocycles. The van der Waals surface area contributed by atoms with Crippen molar-refractivity contribution in [2.45, 2.75) is 17.6 Å². The van der Waals surface area contributed by atoms with Gasteiger partial charge in [-0.05, 0) is 36.8 Å². The second kappa shape index (κ2) is 6.36. The van der Waals surface area contributed by atoms with Gasteiger partial charge in [0.05, 0.1) is 5.56 Å². The molecule has 0 unspecified atom stereocenters. The van der Waals surface area contributed by atoms with Gasteiger partial charge in [0.1, 0.15) is 11.9 Å². The number of nitriles is 1. The van der Waals surface area contributed by atoms with E-state index >= 15 is 0 Å². The number of carbonyl (C=O) groups is 1. The summed E-state index contributed by atoms with van der Waals surface area (Å²) in [5, 5.41) is 8.78. The van der Waals surface area contributed by atoms with E-state index in [9.17, 15) is 9.18 Å². The van der Waals surface area contributed by atoms with Crippen molar-refractivity contribution in [1.82, 2.24) is 0 Å². The Kier molecular flexibility index (Phi) is 4.54. The molecule has 0 saturated heterocycles. The van der Waals surface area contributed by atoms with Gasteiger partial charge >= 0.3 is 0 Å². The molecule has 0 aliphatic heterocycles. The van der Waals surface area contributed by atoms with Crippen LogP contribution < -0.4 is 0 Å². The zero-order valence-electron chi connectivity index (χ0n) is 10.9. The number of benzene rings is 2. The quantitative estimate of drug-likeness (QED) is 0.624. The van der Waals surface area contributed by atoms with Gasteiger partial charge in [-0.3, -0.25) is 4.79 Å². The summed E-state index contributed by atoms with van der Waals surface area (Å²) in [5.74, 6) is 0.194. The smallest absolute Gasteiger partial charge is 0.159 e. The molecular formula is C16H12FNOS. The summed E-state index contributed by atoms with van der Waals surface area (Å²) < 4.78 is 13.2. The molecule has 2 nitrogen and oxygen atoms in total. The highest BCUT2D eigenvalue weighted by molar-refractivity contribution is 7.98. The van der Waals surface area contributed by atoms with Gasteiger partial charge in [-0.25, -0.2) is 4.39 Å². The Morgan fingerprint density at radius 2 is 1.95 bits per heavy atom. The van der Waals surface area contributed by atoms with Gasteiger partial charge in [0, 0.05) is 16.2 Å². The second-order valence-electron chi connectivity index (χ2n) is 4.30. The summed E-state index contributed by atoms with van der Waals surface area (Å²) in [6.45, 7) is 1.53. The highest BCUT2D eigenvalue weighted by atomic mass is 32.2. The van der Waals surface area contributed by atoms with Crippen molar-refractivity contribution in [1.29, 1.82) is 5.26 Å². The molecule has 0 radical (unpaired) electrons. The van der Waals surface area contributed by atoms with E-state index in [1.165, 1.54) is 13.0 Å². The average Bonchev–Trinajstić information content (AvgIpc) is 2.46. The lowest BCUT2D eigenvalue weighted by Gasteiger charge is -2.04. The lowest BCUT2D eigenvalue weighted by Crippen LogP contribution is -1.91. The second-order valence-corrected chi connectivity index (χ2v) is 5.34. The summed E-state index contributed by atoms with van der Waals surface area (Å²) in [4.78, 5) is 12.2. The molecular weight excluding hydrogens is 273 g/mol. The number of Topliss-reactive ketones (excluding diaryl/α,β-unsaturated/α-hetero) is 1. The number of rotatable bonds is 4. The molecule has 0 atom stereocenters. The normalized spacial score (nSPS) is 10.1. The first-order valence-electron chi connectivity index (χ1n) is 6.02. The summed E-state index contributed by atoms with van der Waals surface area (Å²) >= 11 is 1.58. The molecule has 0 spiro atoms. The van der Waals surface area contributed by atoms with Gasteiger partial charge in [-0.1, -0.05) is 18.2 Å². The zero-order valence-corrected chi connectivity index (χ0v) is 11.7. The van der Waals surface area contributed by atoms with E-state index in [1.54, 1.807) is 36.0 Å². The van der Waals surface area contributed by atoms with Gasteiger partial charge in [-0.2, -0.15) is 5.26 Å². The summed E-state index contributed by atoms with van der Waals surface area (Å²) in [5.41, 5.74) is 1.64. The van der Waals surface area contributed by atoms with Crippen LogP contribution in [0, 0.1) is 17.1 Å². The van der Waals surface area contributed by atoms with Crippen LogP contribution in [-0.4, -0.2) is 5.78 Å². The standard InChI is InChI=1S/C16H12FNOS/c1-11(19)13-3-5-15(6-4-13)20-10-12-2-7-16(17)14(8-12)9-18/h2-8H,10H2,1H3. The van der Waals surface area contributed by atoms with Crippen LogP contribution in [0.5, 0.6) is 0 Å². The van der Waals surface area contributed by atoms with E-state index in [-0.39, 0.29) is 11.3 Å². The fourth-order valence-electron chi connectivity index (χ4n) is 1.70. The minimum Gasteiger partial charge on any atom is -0.295 e. The maximum Gasteiger partial charge on any atom is 0.159 e. The van der Waals surface area contributed by atoms with E-state index in [0.717, 1.165) is 10.5 Å². The minimum atomic E-state index is -0.493. The number of halogens is 1. The first-order valence-corrected chi connectivity index (χ1v) is 7.01. The predicted molar refractivity (Wildman–Crippen MR) is 77.1 cm³/mol. The molecule has 2 aromatic rings. The van der Waals surface area contributed by atoms with Crippen molar-refractivity contribution >= 4 is 17.5 Å². The van der Waals surface area contributed by atoms with Gasteiger partial charge in [-0.15, -0.1) is 11.8 Å². The monoisotopic (exact) mass is 285 g/mol. The Hall–Kier alpha value is -2.12. The third kappa shape index (κ3) is 3.46. The number of carbonyl (C=O) groups excluding carboxylic acids is 1. The van der Waals surface area contributed by atoms with Crippen LogP contribution in [-0.2, 0) is 5.75 Å². The number of thioether (sulfide) groups is 1. The third-order valence-electron chi connectivity index (χ3n) is 2.82. The van der Waals surface area contributed by atoms with Crippen LogP contribution in [0.1, 0.15) is 28.4 Å². The van der Waals surface area contributed by atoms with Gasteiger partial charge in [0.2, 0.25) is 0 Å². The Balaban J connectivity index is 2.05. The van der Waals surface area contributed by atoms with Crippen LogP contribution in [0.15, 0.2) is 47.4 Å². The van der Waals surface area contributed by atoms with E-state index in [0.29, 0.717) is 11.3 Å². The maximum atomic E-state index is 13.2. The lowest BCUT2D eigenvalue weighted by molar-refractivity contribution is 0.101. The van der Waals surface area contributed by atoms with Crippen LogP contribution in [0.4, 0.5) is 4.39 Å². The summed E-state index contributed by atoms with van der Waals surface area (Å²) in [6.07, 6.45) is 0. The zero-order chi connectivity index (χ0) is 14.5. The van der Waals surface area contributed by atoms with Crippen molar-refractivity contribution in [3.05, 3.63) is 65.0 Å². The molecule has 0 aliphatic carbocycles. The molecule has 0 amide bonds. The number of ketones is 1. The molecule has 4 heteroatoms. The van der Waals surface area contributed by atoms with E-state index in [2.05, 4.69) is 0 Å². The van der Waals surface area contributed by atoms with Gasteiger partial charge in [0.25, 0.3) is 0 Å². The average molecular weight is 285 g/mol. The van der Waals surface area contributed by atoms with Crippen LogP contribution in [0.2, 0.25) is 0 Å². The number of nitrogens with zero attached hydrogens (tertiary/aromatic N) is 1. The number of hydrogen-bond donors (Lipinski definition) is 0. The largest absolute Gasteiger partial charge is 0.295 e. The van der Waals surface area contributed by atoms with Crippen LogP contribution in [0.25, 0.3) is 0 Å². The van der Waals surface area contributed by atoms with Crippen molar-refractivity contribution in [2.24, 2.45) is 0 Å². The van der Waals surface area contributed by atoms with Crippen molar-refractivity contribution < 1.29 is 9.18 Å². The fraction of sp³-hybridized carbons (Fsp3) is 0.125. The summed E-state index contributed by atoms with van der Waals surface area (Å²) in [6, 6.07) is 13.7. The Morgan fingerprint density at radius 1 is 1.25 bits per heavy atom. The van der Waals surface area contributed by atoms with Gasteiger partial charge < -0.3 is 0 Å². The molecule has 0 saturated carbocycles. The highest BCUT2D eigenvalue weighted by Gasteiger charge is 2.04. The Bertz CT molecular complexity index is 674. The highest BCUT2D eigenvalue weighted by Crippen LogP contribution is 2.24. The van der Waals surface area contributed by atoms with E-state index in [1.807, 2.05) is 18.2 Å². The first-order chi connectivity index (χ1) is 9.60. The first kappa shape index (κ1) is 14.3. The Morgan fingerprint density at radius 3 is 2.55 bits per heavy atom. The van der Waals surface area contributed by atoms with Gasteiger partial charge in [0.15, 0.2) is 5.78 Å². The summed E-state index contributed by atoms with van der Waals surface area (Å²) in [7, 11) is 0. The molecule has 0 bridgehead atoms. The SMILES string of the molecule is CC(=O)c1ccc(SCc2ccc(F)c(C#N)c2)cc1. The minimum absolute atomic E-state index is 0.0405. The Labute approximate surface area is 121 Å². The van der Waals surface area contributed by atoms with E-state index < -0.39 is 5.82 Å². The topological polar surface area (TPSA) is 40.9 Å². The van der Waals surface area contributed by atoms with Crippen molar-refractivity contribution in [3.63, 3.8) is 0 Å². The molecule has 0 aromatic heterocycles. The molecule has 0 heterocycles. The molecule has 0 aliphatic rings. The maximum absolute atomic E-state index is 13.2. The molecule has 0 N–H and O–H groups in total. The molecule has 20 heavy (non-hydrogen) atoms. The molecule has 2 rings (SSSR count). The third-order valence-corrected chi connectivity index (χ3v) is 3.90. The lowest BCUT2D eigenvalue weighted by atomic mass is 10.1. The molecule has 100 valence electrons. The van der Waals surface area contributed by atoms with Crippen LogP contribution >= 0.6 is 11.8 Å². The van der Waals surface area contributed by atoms with Crippen LogP contribution in [0.3, 0.4) is 0 Å². The number of hydrogen-bond acceptors (Lipinski definition) is 3. The van der Waals surface area contributed by atoms with Crippen molar-refractivity contribution in [2.75, 3.05) is 0 Å². The van der Waals surface area contributed by atoms with E-state index in [4.69, 9.17) is 5.26 Å². The predicted octanol–water partition coefficient (Wildman–Crippen LogP) is 4.19. The molecule has 0 fully saturated rings. The fourth-order valence-corrected chi connectivity index (χ4v) is 2.54. The van der Waals surface area contributed by atoms with Crippen molar-refractivity contribution in [3.8, 4) is 6.07 Å².